The van der Waals surface area contributed by atoms with Crippen molar-refractivity contribution in [1.29, 1.82) is 0 Å². The van der Waals surface area contributed by atoms with Crippen molar-refractivity contribution in [1.82, 2.24) is 29.3 Å². The Morgan fingerprint density at radius 3 is 2.78 bits per heavy atom. The molecule has 0 spiro atoms. The highest BCUT2D eigenvalue weighted by Gasteiger charge is 2.33. The number of ether oxygens (including phenoxy) is 2. The number of benzene rings is 2. The fourth-order valence-corrected chi connectivity index (χ4v) is 6.46. The summed E-state index contributed by atoms with van der Waals surface area (Å²) in [5.41, 5.74) is 0.939. The van der Waals surface area contributed by atoms with E-state index >= 15 is 0 Å². The van der Waals surface area contributed by atoms with Gasteiger partial charge in [0, 0.05) is 30.1 Å². The minimum atomic E-state index is -3.80. The molecule has 2 aliphatic heterocycles. The zero-order valence-corrected chi connectivity index (χ0v) is 21.2. The standard InChI is InChI=1S/C24H23ClN6O5S/c25-17-5-1-3-15(11-17)13-31-23-21(28-29-31)24(32)27-22(26-23)16-4-2-8-30(14-16)37(33,34)18-6-7-19-20(12-18)36-10-9-35-19/h1,3,5-7,11-12,16H,2,4,8-10,13-14H2,(H,26,27,32). The van der Waals surface area contributed by atoms with E-state index in [-0.39, 0.29) is 22.9 Å². The van der Waals surface area contributed by atoms with Crippen molar-refractivity contribution in [3.63, 3.8) is 0 Å². The first-order valence-electron chi connectivity index (χ1n) is 11.9. The number of aromatic amines is 1. The van der Waals surface area contributed by atoms with E-state index in [1.807, 2.05) is 18.2 Å². The van der Waals surface area contributed by atoms with E-state index in [1.165, 1.54) is 16.4 Å². The minimum absolute atomic E-state index is 0.127. The molecular formula is C24H23ClN6O5S. The molecule has 1 fully saturated rings. The number of aromatic nitrogens is 5. The summed E-state index contributed by atoms with van der Waals surface area (Å²) in [7, 11) is -3.80. The van der Waals surface area contributed by atoms with Gasteiger partial charge in [0.2, 0.25) is 10.0 Å². The van der Waals surface area contributed by atoms with Gasteiger partial charge in [-0.2, -0.15) is 4.31 Å². The van der Waals surface area contributed by atoms with Gasteiger partial charge in [0.25, 0.3) is 5.56 Å². The lowest BCUT2D eigenvalue weighted by atomic mass is 9.99. The van der Waals surface area contributed by atoms with Crippen LogP contribution in [0.4, 0.5) is 0 Å². The van der Waals surface area contributed by atoms with E-state index in [0.29, 0.717) is 67.1 Å². The zero-order chi connectivity index (χ0) is 25.6. The van der Waals surface area contributed by atoms with Crippen LogP contribution in [0, 0.1) is 0 Å². The van der Waals surface area contributed by atoms with Crippen LogP contribution in [0.25, 0.3) is 11.2 Å². The molecule has 13 heteroatoms. The fourth-order valence-electron chi connectivity index (χ4n) is 4.71. The Kier molecular flexibility index (Phi) is 6.09. The Bertz CT molecular complexity index is 1650. The van der Waals surface area contributed by atoms with E-state index < -0.39 is 15.6 Å². The maximum Gasteiger partial charge on any atom is 0.281 e. The second kappa shape index (κ2) is 9.43. The van der Waals surface area contributed by atoms with Crippen molar-refractivity contribution in [2.24, 2.45) is 0 Å². The molecule has 1 saturated heterocycles. The predicted molar refractivity (Wildman–Crippen MR) is 135 cm³/mol. The van der Waals surface area contributed by atoms with Crippen LogP contribution in [-0.4, -0.2) is 64.0 Å². The third-order valence-electron chi connectivity index (χ3n) is 6.54. The summed E-state index contributed by atoms with van der Waals surface area (Å²) in [4.78, 5) is 20.4. The highest BCUT2D eigenvalue weighted by molar-refractivity contribution is 7.89. The number of nitrogens with zero attached hydrogens (tertiary/aromatic N) is 5. The van der Waals surface area contributed by atoms with Gasteiger partial charge >= 0.3 is 0 Å². The number of sulfonamides is 1. The fraction of sp³-hybridized carbons (Fsp3) is 0.333. The van der Waals surface area contributed by atoms with Crippen LogP contribution in [0.15, 0.2) is 52.2 Å². The van der Waals surface area contributed by atoms with Gasteiger partial charge in [-0.3, -0.25) is 4.79 Å². The van der Waals surface area contributed by atoms with Crippen LogP contribution in [0.1, 0.15) is 30.1 Å². The molecule has 2 aliphatic rings. The molecule has 37 heavy (non-hydrogen) atoms. The molecule has 0 amide bonds. The molecule has 2 aromatic carbocycles. The molecule has 2 aromatic heterocycles. The SMILES string of the molecule is O=c1[nH]c(C2CCCN(S(=O)(=O)c3ccc4c(c3)OCCO4)C2)nc2c1nnn2Cc1cccc(Cl)c1. The first-order valence-corrected chi connectivity index (χ1v) is 13.7. The number of fused-ring (bicyclic) bond motifs is 2. The van der Waals surface area contributed by atoms with Crippen LogP contribution < -0.4 is 15.0 Å². The lowest BCUT2D eigenvalue weighted by molar-refractivity contribution is 0.171. The lowest BCUT2D eigenvalue weighted by Gasteiger charge is -2.31. The number of hydrogen-bond acceptors (Lipinski definition) is 8. The topological polar surface area (TPSA) is 132 Å². The second-order valence-corrected chi connectivity index (χ2v) is 11.4. The average molecular weight is 543 g/mol. The van der Waals surface area contributed by atoms with Gasteiger partial charge in [0.05, 0.1) is 11.4 Å². The highest BCUT2D eigenvalue weighted by atomic mass is 35.5. The summed E-state index contributed by atoms with van der Waals surface area (Å²) in [5.74, 6) is 1.05. The maximum absolute atomic E-state index is 13.5. The molecule has 6 rings (SSSR count). The van der Waals surface area contributed by atoms with Crippen LogP contribution in [0.5, 0.6) is 11.5 Å². The number of piperidine rings is 1. The molecule has 192 valence electrons. The quantitative estimate of drug-likeness (QED) is 0.407. The van der Waals surface area contributed by atoms with Crippen LogP contribution in [0.2, 0.25) is 5.02 Å². The van der Waals surface area contributed by atoms with Gasteiger partial charge in [-0.25, -0.2) is 18.1 Å². The summed E-state index contributed by atoms with van der Waals surface area (Å²) in [5, 5.41) is 8.70. The molecule has 4 aromatic rings. The van der Waals surface area contributed by atoms with Gasteiger partial charge in [0.1, 0.15) is 19.0 Å². The summed E-state index contributed by atoms with van der Waals surface area (Å²) >= 11 is 6.10. The van der Waals surface area contributed by atoms with Gasteiger partial charge in [0.15, 0.2) is 22.7 Å². The Labute approximate surface area is 217 Å². The smallest absolute Gasteiger partial charge is 0.281 e. The third kappa shape index (κ3) is 4.56. The Morgan fingerprint density at radius 1 is 1.11 bits per heavy atom. The highest BCUT2D eigenvalue weighted by Crippen LogP contribution is 2.35. The van der Waals surface area contributed by atoms with Crippen molar-refractivity contribution < 1.29 is 17.9 Å². The summed E-state index contributed by atoms with van der Waals surface area (Å²) in [6.07, 6.45) is 1.30. The van der Waals surface area contributed by atoms with Crippen LogP contribution in [-0.2, 0) is 16.6 Å². The van der Waals surface area contributed by atoms with Crippen molar-refractivity contribution in [3.05, 3.63) is 69.2 Å². The van der Waals surface area contributed by atoms with Crippen LogP contribution >= 0.6 is 11.6 Å². The number of rotatable bonds is 5. The number of nitrogens with one attached hydrogen (secondary N) is 1. The van der Waals surface area contributed by atoms with Crippen molar-refractivity contribution in [2.45, 2.75) is 30.2 Å². The Hall–Kier alpha value is -3.48. The van der Waals surface area contributed by atoms with Crippen molar-refractivity contribution >= 4 is 32.8 Å². The van der Waals surface area contributed by atoms with Gasteiger partial charge < -0.3 is 14.5 Å². The predicted octanol–water partition coefficient (Wildman–Crippen LogP) is 2.56. The molecule has 1 atom stereocenters. The molecule has 11 nitrogen and oxygen atoms in total. The average Bonchev–Trinajstić information content (AvgIpc) is 3.31. The summed E-state index contributed by atoms with van der Waals surface area (Å²) in [6.45, 7) is 1.68. The van der Waals surface area contributed by atoms with Gasteiger partial charge in [-0.1, -0.05) is 28.9 Å². The van der Waals surface area contributed by atoms with E-state index in [9.17, 15) is 13.2 Å². The molecule has 0 bridgehead atoms. The monoisotopic (exact) mass is 542 g/mol. The molecule has 1 N–H and O–H groups in total. The third-order valence-corrected chi connectivity index (χ3v) is 8.63. The summed E-state index contributed by atoms with van der Waals surface area (Å²) in [6, 6.07) is 12.0. The first kappa shape index (κ1) is 23.9. The van der Waals surface area contributed by atoms with Crippen LogP contribution in [0.3, 0.4) is 0 Å². The minimum Gasteiger partial charge on any atom is -0.486 e. The normalized spacial score (nSPS) is 18.2. The lowest BCUT2D eigenvalue weighted by Crippen LogP contribution is -2.40. The van der Waals surface area contributed by atoms with E-state index in [0.717, 1.165) is 5.56 Å². The van der Waals surface area contributed by atoms with E-state index in [1.54, 1.807) is 16.8 Å². The number of halogens is 1. The largest absolute Gasteiger partial charge is 0.486 e. The number of hydrogen-bond donors (Lipinski definition) is 1. The van der Waals surface area contributed by atoms with Gasteiger partial charge in [-0.05, 0) is 42.7 Å². The van der Waals surface area contributed by atoms with Crippen molar-refractivity contribution in [3.8, 4) is 11.5 Å². The molecule has 4 heterocycles. The van der Waals surface area contributed by atoms with Gasteiger partial charge in [-0.15, -0.1) is 5.10 Å². The number of H-pyrrole nitrogens is 1. The zero-order valence-electron chi connectivity index (χ0n) is 19.6. The molecule has 0 aliphatic carbocycles. The molecule has 0 saturated carbocycles. The summed E-state index contributed by atoms with van der Waals surface area (Å²) < 4.78 is 41.0. The maximum atomic E-state index is 13.5. The molecular weight excluding hydrogens is 520 g/mol. The second-order valence-electron chi connectivity index (χ2n) is 9.01. The Balaban J connectivity index is 1.29. The molecule has 0 radical (unpaired) electrons. The van der Waals surface area contributed by atoms with Crippen molar-refractivity contribution in [2.75, 3.05) is 26.3 Å². The Morgan fingerprint density at radius 2 is 1.95 bits per heavy atom. The van der Waals surface area contributed by atoms with E-state index in [4.69, 9.17) is 21.1 Å². The molecule has 1 unspecified atom stereocenters. The van der Waals surface area contributed by atoms with E-state index in [2.05, 4.69) is 20.3 Å². The first-order chi connectivity index (χ1) is 17.9.